The summed E-state index contributed by atoms with van der Waals surface area (Å²) in [6.45, 7) is 4.25. The lowest BCUT2D eigenvalue weighted by Gasteiger charge is -2.28. The first-order valence-corrected chi connectivity index (χ1v) is 8.38. The molecule has 2 rings (SSSR count). The van der Waals surface area contributed by atoms with Gasteiger partial charge in [-0.15, -0.1) is 0 Å². The fourth-order valence-corrected chi connectivity index (χ4v) is 3.13. The zero-order valence-electron chi connectivity index (χ0n) is 15.1. The molecular formula is C20H28N4. The lowest BCUT2D eigenvalue weighted by Crippen LogP contribution is -2.34. The van der Waals surface area contributed by atoms with Crippen LogP contribution in [0.1, 0.15) is 37.8 Å². The monoisotopic (exact) mass is 324 g/mol. The zero-order valence-corrected chi connectivity index (χ0v) is 15.1. The number of anilines is 2. The molecule has 0 radical (unpaired) electrons. The van der Waals surface area contributed by atoms with E-state index in [1.165, 1.54) is 6.21 Å². The molecule has 0 amide bonds. The highest BCUT2D eigenvalue weighted by atomic mass is 15.1. The Balaban J connectivity index is 2.56. The van der Waals surface area contributed by atoms with Crippen LogP contribution in [-0.4, -0.2) is 20.3 Å². The van der Waals surface area contributed by atoms with Gasteiger partial charge in [-0.05, 0) is 30.0 Å². The van der Waals surface area contributed by atoms with Crippen molar-refractivity contribution in [3.8, 4) is 11.1 Å². The van der Waals surface area contributed by atoms with E-state index in [-0.39, 0.29) is 5.54 Å². The van der Waals surface area contributed by atoms with Crippen molar-refractivity contribution in [2.75, 3.05) is 24.7 Å². The average molecular weight is 324 g/mol. The largest absolute Gasteiger partial charge is 0.398 e. The molecule has 0 heterocycles. The molecule has 0 aliphatic rings. The van der Waals surface area contributed by atoms with Crippen molar-refractivity contribution in [1.82, 2.24) is 0 Å². The van der Waals surface area contributed by atoms with E-state index in [9.17, 15) is 0 Å². The number of nitrogens with two attached hydrogens (primary N) is 2. The third-order valence-electron chi connectivity index (χ3n) is 4.87. The number of hydrogen-bond donors (Lipinski definition) is 3. The van der Waals surface area contributed by atoms with Crippen LogP contribution in [0.5, 0.6) is 0 Å². The number of hydrogen-bond acceptors (Lipinski definition) is 4. The minimum absolute atomic E-state index is 0.274. The third kappa shape index (κ3) is 3.15. The van der Waals surface area contributed by atoms with Gasteiger partial charge < -0.3 is 21.8 Å². The Morgan fingerprint density at radius 1 is 1.04 bits per heavy atom. The molecule has 0 bridgehead atoms. The Kier molecular flexibility index (Phi) is 5.30. The Labute approximate surface area is 145 Å². The third-order valence-corrected chi connectivity index (χ3v) is 4.87. The van der Waals surface area contributed by atoms with Crippen LogP contribution in [0.2, 0.25) is 0 Å². The van der Waals surface area contributed by atoms with Gasteiger partial charge in [0, 0.05) is 42.7 Å². The van der Waals surface area contributed by atoms with Gasteiger partial charge in [-0.1, -0.05) is 44.2 Å². The van der Waals surface area contributed by atoms with E-state index in [0.29, 0.717) is 5.69 Å². The number of nitrogens with one attached hydrogen (secondary N) is 1. The van der Waals surface area contributed by atoms with Crippen molar-refractivity contribution in [2.24, 2.45) is 5.73 Å². The van der Waals surface area contributed by atoms with Gasteiger partial charge in [-0.2, -0.15) is 0 Å². The molecule has 0 aromatic heterocycles. The Bertz CT molecular complexity index is 713. The molecule has 2 aromatic carbocycles. The fraction of sp³-hybridized carbons (Fsp3) is 0.350. The van der Waals surface area contributed by atoms with Crippen LogP contribution in [-0.2, 0) is 5.54 Å². The number of nitrogen functional groups attached to an aromatic ring is 1. The maximum atomic E-state index is 7.70. The van der Waals surface area contributed by atoms with Crippen molar-refractivity contribution in [2.45, 2.75) is 32.2 Å². The van der Waals surface area contributed by atoms with Crippen LogP contribution >= 0.6 is 0 Å². The Morgan fingerprint density at radius 2 is 1.62 bits per heavy atom. The van der Waals surface area contributed by atoms with Gasteiger partial charge in [0.25, 0.3) is 0 Å². The molecule has 2 aromatic rings. The molecule has 5 N–H and O–H groups in total. The van der Waals surface area contributed by atoms with Crippen LogP contribution in [0.3, 0.4) is 0 Å². The fourth-order valence-electron chi connectivity index (χ4n) is 3.13. The van der Waals surface area contributed by atoms with Gasteiger partial charge in [0.05, 0.1) is 5.69 Å². The van der Waals surface area contributed by atoms with E-state index >= 15 is 0 Å². The molecule has 0 spiro atoms. The molecule has 0 saturated heterocycles. The molecule has 24 heavy (non-hydrogen) atoms. The number of rotatable bonds is 6. The van der Waals surface area contributed by atoms with E-state index in [1.807, 2.05) is 31.1 Å². The summed E-state index contributed by atoms with van der Waals surface area (Å²) in [4.78, 5) is 2.01. The first-order chi connectivity index (χ1) is 11.4. The van der Waals surface area contributed by atoms with Gasteiger partial charge in [-0.25, -0.2) is 0 Å². The second-order valence-corrected chi connectivity index (χ2v) is 6.44. The van der Waals surface area contributed by atoms with E-state index in [4.69, 9.17) is 16.9 Å². The molecule has 4 nitrogen and oxygen atoms in total. The number of benzene rings is 2. The normalized spacial score (nSPS) is 11.4. The van der Waals surface area contributed by atoms with E-state index in [2.05, 4.69) is 38.1 Å². The molecule has 0 atom stereocenters. The Morgan fingerprint density at radius 3 is 2.08 bits per heavy atom. The van der Waals surface area contributed by atoms with Gasteiger partial charge in [0.15, 0.2) is 0 Å². The summed E-state index contributed by atoms with van der Waals surface area (Å²) in [5, 5.41) is 7.70. The van der Waals surface area contributed by atoms with Crippen molar-refractivity contribution < 1.29 is 0 Å². The molecule has 0 aliphatic heterocycles. The summed E-state index contributed by atoms with van der Waals surface area (Å²) in [6, 6.07) is 12.3. The zero-order chi connectivity index (χ0) is 17.9. The summed E-state index contributed by atoms with van der Waals surface area (Å²) in [5.74, 6) is 0. The summed E-state index contributed by atoms with van der Waals surface area (Å²) in [5.41, 5.74) is 17.9. The molecule has 0 unspecified atom stereocenters. The van der Waals surface area contributed by atoms with Crippen molar-refractivity contribution in [1.29, 1.82) is 5.41 Å². The Hall–Kier alpha value is -2.33. The highest BCUT2D eigenvalue weighted by Crippen LogP contribution is 2.36. The minimum Gasteiger partial charge on any atom is -0.398 e. The minimum atomic E-state index is -0.274. The van der Waals surface area contributed by atoms with Crippen molar-refractivity contribution in [3.63, 3.8) is 0 Å². The van der Waals surface area contributed by atoms with Gasteiger partial charge in [0.2, 0.25) is 0 Å². The highest BCUT2D eigenvalue weighted by Gasteiger charge is 2.23. The van der Waals surface area contributed by atoms with Crippen molar-refractivity contribution in [3.05, 3.63) is 47.5 Å². The van der Waals surface area contributed by atoms with E-state index in [1.54, 1.807) is 0 Å². The summed E-state index contributed by atoms with van der Waals surface area (Å²) < 4.78 is 0. The van der Waals surface area contributed by atoms with E-state index < -0.39 is 0 Å². The van der Waals surface area contributed by atoms with Crippen LogP contribution < -0.4 is 16.4 Å². The first-order valence-electron chi connectivity index (χ1n) is 8.38. The van der Waals surface area contributed by atoms with Crippen LogP contribution in [0.25, 0.3) is 11.1 Å². The average Bonchev–Trinajstić information content (AvgIpc) is 2.60. The molecule has 4 heteroatoms. The van der Waals surface area contributed by atoms with Gasteiger partial charge in [0.1, 0.15) is 0 Å². The standard InChI is InChI=1S/C20H28N4/c1-5-20(23,6-2)15-9-7-14(8-10-15)16-11-12-18(22)17(13-21)19(16)24(3)4/h7-13,21H,5-6,22-23H2,1-4H3. The predicted octanol–water partition coefficient (Wildman–Crippen LogP) is 3.97. The van der Waals surface area contributed by atoms with E-state index in [0.717, 1.165) is 40.8 Å². The first kappa shape index (κ1) is 18.0. The quantitative estimate of drug-likeness (QED) is 0.555. The second-order valence-electron chi connectivity index (χ2n) is 6.44. The SMILES string of the molecule is CCC(N)(CC)c1ccc(-c2ccc(N)c(C=N)c2N(C)C)cc1. The smallest absolute Gasteiger partial charge is 0.0550 e. The lowest BCUT2D eigenvalue weighted by atomic mass is 9.85. The van der Waals surface area contributed by atoms with Gasteiger partial charge >= 0.3 is 0 Å². The molecule has 0 aliphatic carbocycles. The molecule has 128 valence electrons. The summed E-state index contributed by atoms with van der Waals surface area (Å²) >= 11 is 0. The maximum Gasteiger partial charge on any atom is 0.0550 e. The second kappa shape index (κ2) is 7.05. The maximum absolute atomic E-state index is 7.70. The highest BCUT2D eigenvalue weighted by molar-refractivity contribution is 5.99. The lowest BCUT2D eigenvalue weighted by molar-refractivity contribution is 0.413. The summed E-state index contributed by atoms with van der Waals surface area (Å²) in [6.07, 6.45) is 3.14. The topological polar surface area (TPSA) is 79.1 Å². The predicted molar refractivity (Wildman–Crippen MR) is 105 cm³/mol. The van der Waals surface area contributed by atoms with Crippen LogP contribution in [0.15, 0.2) is 36.4 Å². The van der Waals surface area contributed by atoms with Crippen LogP contribution in [0.4, 0.5) is 11.4 Å². The number of nitrogens with zero attached hydrogens (tertiary/aromatic N) is 1. The van der Waals surface area contributed by atoms with Gasteiger partial charge in [-0.3, -0.25) is 0 Å². The molecule has 0 saturated carbocycles. The van der Waals surface area contributed by atoms with Crippen LogP contribution in [0, 0.1) is 5.41 Å². The molecule has 0 fully saturated rings. The van der Waals surface area contributed by atoms with Crippen molar-refractivity contribution >= 4 is 17.6 Å². The molecular weight excluding hydrogens is 296 g/mol. The summed E-state index contributed by atoms with van der Waals surface area (Å²) in [7, 11) is 3.94.